The van der Waals surface area contributed by atoms with Gasteiger partial charge in [0.15, 0.2) is 12.4 Å². The summed E-state index contributed by atoms with van der Waals surface area (Å²) >= 11 is 0. The summed E-state index contributed by atoms with van der Waals surface area (Å²) in [6.07, 6.45) is 1.34. The first-order valence-electron chi connectivity index (χ1n) is 15.5. The second-order valence-corrected chi connectivity index (χ2v) is 11.9. The molecule has 5 aromatic rings. The number of benzene rings is 4. The zero-order chi connectivity index (χ0) is 33.7. The molecule has 1 saturated heterocycles. The van der Waals surface area contributed by atoms with Gasteiger partial charge in [-0.05, 0) is 83.9 Å². The summed E-state index contributed by atoms with van der Waals surface area (Å²) in [5, 5.41) is 0. The molecule has 6 rings (SSSR count). The molecule has 1 fully saturated rings. The molecule has 0 bridgehead atoms. The number of rotatable bonds is 11. The number of anilines is 1. The lowest BCUT2D eigenvalue weighted by molar-refractivity contribution is -0.147. The lowest BCUT2D eigenvalue weighted by atomic mass is 9.78. The van der Waals surface area contributed by atoms with Crippen molar-refractivity contribution in [2.75, 3.05) is 18.1 Å². The molecule has 2 heterocycles. The molecule has 48 heavy (non-hydrogen) atoms. The van der Waals surface area contributed by atoms with E-state index in [9.17, 15) is 19.2 Å². The number of ketones is 1. The summed E-state index contributed by atoms with van der Waals surface area (Å²) in [5.74, 6) is -1.06. The highest BCUT2D eigenvalue weighted by molar-refractivity contribution is 6.01. The first kappa shape index (κ1) is 32.0. The average Bonchev–Trinajstić information content (AvgIpc) is 3.79. The van der Waals surface area contributed by atoms with E-state index in [2.05, 4.69) is 38.1 Å². The highest BCUT2D eigenvalue weighted by Crippen LogP contribution is 2.34. The van der Waals surface area contributed by atoms with Gasteiger partial charge in [0.05, 0.1) is 12.2 Å². The zero-order valence-corrected chi connectivity index (χ0v) is 26.5. The van der Waals surface area contributed by atoms with Crippen molar-refractivity contribution in [3.8, 4) is 17.2 Å². The highest BCUT2D eigenvalue weighted by atomic mass is 16.5. The van der Waals surface area contributed by atoms with E-state index < -0.39 is 30.2 Å². The molecule has 1 amide bonds. The van der Waals surface area contributed by atoms with Crippen LogP contribution in [0.25, 0.3) is 0 Å². The first-order chi connectivity index (χ1) is 23.2. The Morgan fingerprint density at radius 3 is 2.04 bits per heavy atom. The van der Waals surface area contributed by atoms with Crippen LogP contribution in [0.1, 0.15) is 52.3 Å². The van der Waals surface area contributed by atoms with Crippen LogP contribution in [0.5, 0.6) is 17.2 Å². The fourth-order valence-corrected chi connectivity index (χ4v) is 5.51. The van der Waals surface area contributed by atoms with Gasteiger partial charge in [0.2, 0.25) is 11.7 Å². The lowest BCUT2D eigenvalue weighted by Gasteiger charge is -2.26. The van der Waals surface area contributed by atoms with Crippen molar-refractivity contribution < 1.29 is 37.8 Å². The first-order valence-corrected chi connectivity index (χ1v) is 15.5. The van der Waals surface area contributed by atoms with Crippen molar-refractivity contribution in [1.29, 1.82) is 0 Å². The van der Waals surface area contributed by atoms with E-state index in [4.69, 9.17) is 18.6 Å². The van der Waals surface area contributed by atoms with Crippen LogP contribution in [0, 0.1) is 5.92 Å². The molecule has 0 spiro atoms. The molecule has 0 N–H and O–H groups in total. The van der Waals surface area contributed by atoms with Crippen molar-refractivity contribution in [3.63, 3.8) is 0 Å². The van der Waals surface area contributed by atoms with E-state index in [1.807, 2.05) is 30.3 Å². The topological polar surface area (TPSA) is 112 Å². The van der Waals surface area contributed by atoms with Crippen molar-refractivity contribution in [2.24, 2.45) is 5.92 Å². The number of hydrogen-bond acceptors (Lipinski definition) is 8. The fourth-order valence-electron chi connectivity index (χ4n) is 5.51. The Labute approximate surface area is 277 Å². The molecule has 1 aliphatic heterocycles. The van der Waals surface area contributed by atoms with Crippen molar-refractivity contribution in [3.05, 3.63) is 144 Å². The van der Waals surface area contributed by atoms with Crippen LogP contribution in [0.15, 0.2) is 126 Å². The molecule has 0 unspecified atom stereocenters. The Morgan fingerprint density at radius 1 is 0.771 bits per heavy atom. The largest absolute Gasteiger partial charge is 0.457 e. The number of carbonyl (C=O) groups is 4. The van der Waals surface area contributed by atoms with Gasteiger partial charge in [0.25, 0.3) is 0 Å². The van der Waals surface area contributed by atoms with Crippen LogP contribution in [-0.4, -0.2) is 36.8 Å². The SMILES string of the molecule is CC(C)(c1ccccc1)c1ccc(Oc2ccc(N3C[C@@H](C(=O)OCC(=O)c4ccc(OC(=O)c5ccco5)cc4)CC3=O)cc2)cc1. The number of hydrogen-bond donors (Lipinski definition) is 0. The molecule has 0 aliphatic carbocycles. The molecule has 0 radical (unpaired) electrons. The summed E-state index contributed by atoms with van der Waals surface area (Å²) in [6, 6.07) is 34.3. The number of Topliss-reactive ketones (excluding diaryl/α,β-unsaturated/α-hetero) is 1. The third-order valence-corrected chi connectivity index (χ3v) is 8.37. The number of amides is 1. The van der Waals surface area contributed by atoms with Crippen LogP contribution in [0.2, 0.25) is 0 Å². The van der Waals surface area contributed by atoms with Crippen molar-refractivity contribution in [2.45, 2.75) is 25.7 Å². The number of carbonyl (C=O) groups excluding carboxylic acids is 4. The van der Waals surface area contributed by atoms with Gasteiger partial charge in [-0.3, -0.25) is 14.4 Å². The van der Waals surface area contributed by atoms with Crippen LogP contribution >= 0.6 is 0 Å². The fraction of sp³-hybridized carbons (Fsp3) is 0.179. The molecular weight excluding hydrogens is 610 g/mol. The number of ether oxygens (including phenoxy) is 3. The normalized spacial score (nSPS) is 14.4. The van der Waals surface area contributed by atoms with Gasteiger partial charge in [-0.25, -0.2) is 4.79 Å². The molecule has 0 saturated carbocycles. The molecule has 242 valence electrons. The van der Waals surface area contributed by atoms with Crippen LogP contribution < -0.4 is 14.4 Å². The molecule has 9 heteroatoms. The second-order valence-electron chi connectivity index (χ2n) is 11.9. The lowest BCUT2D eigenvalue weighted by Crippen LogP contribution is -2.27. The Hall–Kier alpha value is -5.96. The maximum Gasteiger partial charge on any atom is 0.379 e. The molecule has 4 aromatic carbocycles. The number of nitrogens with zero attached hydrogens (tertiary/aromatic N) is 1. The van der Waals surface area contributed by atoms with Crippen LogP contribution in [-0.2, 0) is 19.7 Å². The van der Waals surface area contributed by atoms with E-state index >= 15 is 0 Å². The summed E-state index contributed by atoms with van der Waals surface area (Å²) in [7, 11) is 0. The maximum atomic E-state index is 12.8. The predicted molar refractivity (Wildman–Crippen MR) is 177 cm³/mol. The third-order valence-electron chi connectivity index (χ3n) is 8.37. The molecule has 1 aliphatic rings. The number of esters is 2. The standard InChI is InChI=1S/C39H33NO8/c1-39(2,28-7-4-3-5-8-28)29-12-18-31(19-13-29)47-32-20-14-30(15-21-32)40-24-27(23-36(40)42)37(43)46-25-34(41)26-10-16-33(17-11-26)48-38(44)35-9-6-22-45-35/h3-22,27H,23-25H2,1-2H3/t27-/m0/s1. The van der Waals surface area contributed by atoms with Gasteiger partial charge in [-0.1, -0.05) is 56.3 Å². The zero-order valence-electron chi connectivity index (χ0n) is 26.5. The quantitative estimate of drug-likeness (QED) is 0.0832. The maximum absolute atomic E-state index is 12.8. The summed E-state index contributed by atoms with van der Waals surface area (Å²) in [5.41, 5.74) is 3.15. The van der Waals surface area contributed by atoms with Crippen LogP contribution in [0.3, 0.4) is 0 Å². The van der Waals surface area contributed by atoms with Gasteiger partial charge in [-0.15, -0.1) is 0 Å². The van der Waals surface area contributed by atoms with Crippen LogP contribution in [0.4, 0.5) is 5.69 Å². The Bertz CT molecular complexity index is 1900. The average molecular weight is 644 g/mol. The van der Waals surface area contributed by atoms with Gasteiger partial charge in [0.1, 0.15) is 17.2 Å². The van der Waals surface area contributed by atoms with E-state index in [1.54, 1.807) is 30.3 Å². The van der Waals surface area contributed by atoms with Gasteiger partial charge < -0.3 is 23.5 Å². The Balaban J connectivity index is 0.988. The van der Waals surface area contributed by atoms with E-state index in [0.29, 0.717) is 17.2 Å². The third kappa shape index (κ3) is 7.20. The minimum absolute atomic E-state index is 0.0211. The van der Waals surface area contributed by atoms with E-state index in [-0.39, 0.29) is 41.4 Å². The number of furan rings is 1. The molecule has 1 aromatic heterocycles. The monoisotopic (exact) mass is 643 g/mol. The van der Waals surface area contributed by atoms with E-state index in [0.717, 1.165) is 0 Å². The van der Waals surface area contributed by atoms with E-state index in [1.165, 1.54) is 52.6 Å². The highest BCUT2D eigenvalue weighted by Gasteiger charge is 2.36. The summed E-state index contributed by atoms with van der Waals surface area (Å²) in [4.78, 5) is 51.7. The smallest absolute Gasteiger partial charge is 0.379 e. The molecular formula is C39H33NO8. The molecule has 9 nitrogen and oxygen atoms in total. The Morgan fingerprint density at radius 2 is 1.40 bits per heavy atom. The predicted octanol–water partition coefficient (Wildman–Crippen LogP) is 7.40. The Kier molecular flexibility index (Phi) is 9.20. The summed E-state index contributed by atoms with van der Waals surface area (Å²) < 4.78 is 21.5. The van der Waals surface area contributed by atoms with Gasteiger partial charge in [0, 0.05) is 29.6 Å². The van der Waals surface area contributed by atoms with Crippen molar-refractivity contribution in [1.82, 2.24) is 0 Å². The summed E-state index contributed by atoms with van der Waals surface area (Å²) in [6.45, 7) is 4.04. The van der Waals surface area contributed by atoms with Gasteiger partial charge >= 0.3 is 11.9 Å². The second kappa shape index (κ2) is 13.8. The van der Waals surface area contributed by atoms with Crippen molar-refractivity contribution >= 4 is 29.3 Å². The molecule has 1 atom stereocenters. The van der Waals surface area contributed by atoms with Gasteiger partial charge in [-0.2, -0.15) is 0 Å². The minimum Gasteiger partial charge on any atom is -0.457 e. The minimum atomic E-state index is -0.705.